The first-order valence-electron chi connectivity index (χ1n) is 5.77. The molecule has 1 amide bonds. The molecule has 0 aromatic heterocycles. The molecule has 0 aliphatic rings. The number of carbonyl (C=O) groups excluding carboxylic acids is 1. The van der Waals surface area contributed by atoms with Crippen LogP contribution in [0.25, 0.3) is 0 Å². The van der Waals surface area contributed by atoms with E-state index in [1.165, 1.54) is 0 Å². The Hall–Kier alpha value is -2.00. The fourth-order valence-electron chi connectivity index (χ4n) is 1.29. The van der Waals surface area contributed by atoms with Crippen molar-refractivity contribution in [2.24, 2.45) is 5.73 Å². The van der Waals surface area contributed by atoms with Gasteiger partial charge in [0.15, 0.2) is 0 Å². The van der Waals surface area contributed by atoms with Crippen molar-refractivity contribution in [2.45, 2.75) is 0 Å². The van der Waals surface area contributed by atoms with Gasteiger partial charge in [0.1, 0.15) is 19.0 Å². The van der Waals surface area contributed by atoms with Crippen LogP contribution in [0.1, 0.15) is 0 Å². The van der Waals surface area contributed by atoms with E-state index in [9.17, 15) is 13.2 Å². The summed E-state index contributed by atoms with van der Waals surface area (Å²) in [5.41, 5.74) is 10.8. The lowest BCUT2D eigenvalue weighted by atomic mass is 10.3. The molecule has 0 fully saturated rings. The van der Waals surface area contributed by atoms with Crippen LogP contribution in [0.3, 0.4) is 0 Å². The van der Waals surface area contributed by atoms with Crippen molar-refractivity contribution >= 4 is 21.8 Å². The van der Waals surface area contributed by atoms with Gasteiger partial charge in [-0.1, -0.05) is 12.1 Å². The van der Waals surface area contributed by atoms with Crippen LogP contribution in [0, 0.1) is 0 Å². The van der Waals surface area contributed by atoms with Gasteiger partial charge in [-0.05, 0) is 12.1 Å². The minimum absolute atomic E-state index is 0.0414. The largest absolute Gasteiger partial charge is 0.490 e. The summed E-state index contributed by atoms with van der Waals surface area (Å²) >= 11 is 0. The fraction of sp³-hybridized carbons (Fsp3) is 0.364. The highest BCUT2D eigenvalue weighted by molar-refractivity contribution is 7.89. The lowest BCUT2D eigenvalue weighted by molar-refractivity contribution is 0.159. The molecule has 5 N–H and O–H groups in total. The number of nitrogen functional groups attached to an aromatic ring is 1. The van der Waals surface area contributed by atoms with E-state index in [0.29, 0.717) is 11.4 Å². The van der Waals surface area contributed by atoms with Crippen LogP contribution < -0.4 is 20.9 Å². The molecule has 9 heteroatoms. The number of hydrogen-bond donors (Lipinski definition) is 3. The van der Waals surface area contributed by atoms with E-state index in [0.717, 1.165) is 0 Å². The molecule has 0 aliphatic carbocycles. The number of nitrogens with two attached hydrogens (primary N) is 2. The van der Waals surface area contributed by atoms with Gasteiger partial charge >= 0.3 is 6.09 Å². The Morgan fingerprint density at radius 2 is 1.95 bits per heavy atom. The zero-order valence-corrected chi connectivity index (χ0v) is 11.6. The first-order chi connectivity index (χ1) is 9.41. The van der Waals surface area contributed by atoms with E-state index in [-0.39, 0.29) is 25.5 Å². The maximum absolute atomic E-state index is 11.6. The Morgan fingerprint density at radius 3 is 2.60 bits per heavy atom. The van der Waals surface area contributed by atoms with E-state index < -0.39 is 16.1 Å². The standard InChI is InChI=1S/C11H17N3O5S/c12-9-3-1-2-4-10(9)18-7-8-20(16,17)14-5-6-19-11(13)15/h1-4,14H,5-8,12H2,(H2,13,15). The van der Waals surface area contributed by atoms with Crippen molar-refractivity contribution < 1.29 is 22.7 Å². The lowest BCUT2D eigenvalue weighted by Crippen LogP contribution is -2.32. The van der Waals surface area contributed by atoms with Crippen molar-refractivity contribution in [1.29, 1.82) is 0 Å². The van der Waals surface area contributed by atoms with E-state index in [2.05, 4.69) is 9.46 Å². The number of hydrogen-bond acceptors (Lipinski definition) is 6. The van der Waals surface area contributed by atoms with Gasteiger partial charge in [-0.15, -0.1) is 0 Å². The minimum Gasteiger partial charge on any atom is -0.490 e. The molecule has 20 heavy (non-hydrogen) atoms. The maximum Gasteiger partial charge on any atom is 0.404 e. The summed E-state index contributed by atoms with van der Waals surface area (Å²) in [6, 6.07) is 6.79. The summed E-state index contributed by atoms with van der Waals surface area (Å²) in [6.07, 6.45) is -0.952. The number of rotatable bonds is 8. The molecule has 8 nitrogen and oxygen atoms in total. The van der Waals surface area contributed by atoms with Crippen LogP contribution in [-0.4, -0.2) is 40.0 Å². The summed E-state index contributed by atoms with van der Waals surface area (Å²) in [7, 11) is -3.51. The molecule has 1 rings (SSSR count). The van der Waals surface area contributed by atoms with Crippen molar-refractivity contribution in [1.82, 2.24) is 4.72 Å². The van der Waals surface area contributed by atoms with Gasteiger partial charge in [0.25, 0.3) is 0 Å². The molecular formula is C11H17N3O5S. The molecule has 0 spiro atoms. The number of carbonyl (C=O) groups is 1. The molecule has 0 saturated heterocycles. The molecule has 0 atom stereocenters. The third-order valence-corrected chi connectivity index (χ3v) is 3.55. The Morgan fingerprint density at radius 1 is 1.25 bits per heavy atom. The van der Waals surface area contributed by atoms with Gasteiger partial charge in [0, 0.05) is 6.54 Å². The topological polar surface area (TPSA) is 134 Å². The number of sulfonamides is 1. The predicted octanol–water partition coefficient (Wildman–Crippen LogP) is -0.338. The lowest BCUT2D eigenvalue weighted by Gasteiger charge is -2.09. The third kappa shape index (κ3) is 6.25. The monoisotopic (exact) mass is 303 g/mol. The molecule has 0 saturated carbocycles. The Labute approximate surface area is 117 Å². The first-order valence-corrected chi connectivity index (χ1v) is 7.43. The molecule has 112 valence electrons. The number of benzene rings is 1. The van der Waals surface area contributed by atoms with Crippen molar-refractivity contribution in [3.05, 3.63) is 24.3 Å². The number of nitrogens with one attached hydrogen (secondary N) is 1. The third-order valence-electron chi connectivity index (χ3n) is 2.20. The average molecular weight is 303 g/mol. The first kappa shape index (κ1) is 16.1. The van der Waals surface area contributed by atoms with Crippen molar-refractivity contribution in [2.75, 3.05) is 31.2 Å². The molecular weight excluding hydrogens is 286 g/mol. The van der Waals surface area contributed by atoms with Gasteiger partial charge in [0.2, 0.25) is 10.0 Å². The predicted molar refractivity (Wildman–Crippen MR) is 73.7 cm³/mol. The summed E-state index contributed by atoms with van der Waals surface area (Å²) in [4.78, 5) is 10.3. The molecule has 1 aromatic carbocycles. The van der Waals surface area contributed by atoms with Gasteiger partial charge in [-0.2, -0.15) is 0 Å². The highest BCUT2D eigenvalue weighted by atomic mass is 32.2. The molecule has 0 heterocycles. The number of amides is 1. The van der Waals surface area contributed by atoms with E-state index in [1.807, 2.05) is 0 Å². The van der Waals surface area contributed by atoms with E-state index in [4.69, 9.17) is 16.2 Å². The van der Waals surface area contributed by atoms with Gasteiger partial charge in [-0.25, -0.2) is 17.9 Å². The summed E-state index contributed by atoms with van der Waals surface area (Å²) in [5.74, 6) is 0.192. The summed E-state index contributed by atoms with van der Waals surface area (Å²) in [6.45, 7) is -0.208. The fourth-order valence-corrected chi connectivity index (χ4v) is 2.14. The van der Waals surface area contributed by atoms with Crippen LogP contribution in [0.2, 0.25) is 0 Å². The van der Waals surface area contributed by atoms with E-state index >= 15 is 0 Å². The zero-order valence-electron chi connectivity index (χ0n) is 10.7. The molecule has 0 radical (unpaired) electrons. The molecule has 0 unspecified atom stereocenters. The smallest absolute Gasteiger partial charge is 0.404 e. The van der Waals surface area contributed by atoms with Gasteiger partial charge < -0.3 is 20.9 Å². The van der Waals surface area contributed by atoms with Gasteiger partial charge in [-0.3, -0.25) is 0 Å². The second kappa shape index (κ2) is 7.56. The van der Waals surface area contributed by atoms with Crippen LogP contribution in [0.5, 0.6) is 5.75 Å². The van der Waals surface area contributed by atoms with Crippen LogP contribution >= 0.6 is 0 Å². The number of ether oxygens (including phenoxy) is 2. The zero-order chi connectivity index (χ0) is 15.0. The number of primary amides is 1. The van der Waals surface area contributed by atoms with Crippen LogP contribution in [0.15, 0.2) is 24.3 Å². The summed E-state index contributed by atoms with van der Waals surface area (Å²) in [5, 5.41) is 0. The maximum atomic E-state index is 11.6. The Kier molecular flexibility index (Phi) is 6.07. The second-order valence-electron chi connectivity index (χ2n) is 3.77. The minimum atomic E-state index is -3.51. The van der Waals surface area contributed by atoms with Crippen LogP contribution in [-0.2, 0) is 14.8 Å². The summed E-state index contributed by atoms with van der Waals surface area (Å²) < 4.78 is 35.0. The highest BCUT2D eigenvalue weighted by Gasteiger charge is 2.10. The van der Waals surface area contributed by atoms with Gasteiger partial charge in [0.05, 0.1) is 11.4 Å². The number of para-hydroxylation sites is 2. The second-order valence-corrected chi connectivity index (χ2v) is 5.69. The van der Waals surface area contributed by atoms with Crippen LogP contribution in [0.4, 0.5) is 10.5 Å². The highest BCUT2D eigenvalue weighted by Crippen LogP contribution is 2.19. The molecule has 0 aliphatic heterocycles. The quantitative estimate of drug-likeness (QED) is 0.444. The van der Waals surface area contributed by atoms with Crippen molar-refractivity contribution in [3.63, 3.8) is 0 Å². The van der Waals surface area contributed by atoms with Crippen molar-refractivity contribution in [3.8, 4) is 5.75 Å². The number of anilines is 1. The average Bonchev–Trinajstić information content (AvgIpc) is 2.37. The SMILES string of the molecule is NC(=O)OCCNS(=O)(=O)CCOc1ccccc1N. The Balaban J connectivity index is 2.29. The van der Waals surface area contributed by atoms with E-state index in [1.54, 1.807) is 24.3 Å². The molecule has 0 bridgehead atoms. The molecule has 1 aromatic rings. The Bertz CT molecular complexity index is 547. The normalized spacial score (nSPS) is 11.0.